The van der Waals surface area contributed by atoms with Gasteiger partial charge in [-0.1, -0.05) is 56.9 Å². The zero-order valence-corrected chi connectivity index (χ0v) is 16.1. The van der Waals surface area contributed by atoms with Gasteiger partial charge in [0.25, 0.3) is 0 Å². The second kappa shape index (κ2) is 7.48. The molecule has 1 atom stereocenters. The first kappa shape index (κ1) is 18.4. The smallest absolute Gasteiger partial charge is 0.320 e. The second-order valence-electron chi connectivity index (χ2n) is 7.21. The van der Waals surface area contributed by atoms with Crippen molar-refractivity contribution >= 4 is 11.8 Å². The molecule has 2 aromatic rings. The Morgan fingerprint density at radius 3 is 2.58 bits per heavy atom. The minimum atomic E-state index is -0.260. The lowest BCUT2D eigenvalue weighted by molar-refractivity contribution is -0.134. The van der Waals surface area contributed by atoms with Crippen molar-refractivity contribution in [1.82, 2.24) is 4.57 Å². The predicted molar refractivity (Wildman–Crippen MR) is 102 cm³/mol. The third-order valence-electron chi connectivity index (χ3n) is 5.39. The summed E-state index contributed by atoms with van der Waals surface area (Å²) in [6.45, 7) is 5.98. The Balaban J connectivity index is 1.94. The Bertz CT molecular complexity index is 847. The van der Waals surface area contributed by atoms with Gasteiger partial charge in [-0.25, -0.2) is 0 Å². The van der Waals surface area contributed by atoms with E-state index in [9.17, 15) is 9.59 Å². The highest BCUT2D eigenvalue weighted by atomic mass is 16.5. The van der Waals surface area contributed by atoms with E-state index in [1.165, 1.54) is 12.8 Å². The molecule has 1 aliphatic heterocycles. The second-order valence-corrected chi connectivity index (χ2v) is 7.21. The summed E-state index contributed by atoms with van der Waals surface area (Å²) in [4.78, 5) is 25.5. The van der Waals surface area contributed by atoms with Crippen molar-refractivity contribution in [3.8, 4) is 5.75 Å². The largest absolute Gasteiger partial charge is 0.424 e. The van der Waals surface area contributed by atoms with E-state index in [0.29, 0.717) is 17.0 Å². The van der Waals surface area contributed by atoms with E-state index in [0.717, 1.165) is 36.1 Å². The molecule has 0 spiro atoms. The summed E-state index contributed by atoms with van der Waals surface area (Å²) in [5, 5.41) is 0. The molecule has 0 bridgehead atoms. The first-order valence-electron chi connectivity index (χ1n) is 9.48. The third-order valence-corrected chi connectivity index (χ3v) is 5.39. The fourth-order valence-corrected chi connectivity index (χ4v) is 3.94. The van der Waals surface area contributed by atoms with Crippen LogP contribution in [0.4, 0.5) is 0 Å². The van der Waals surface area contributed by atoms with Crippen LogP contribution in [-0.4, -0.2) is 16.3 Å². The number of unbranched alkanes of at least 4 members (excludes halogenated alkanes) is 3. The summed E-state index contributed by atoms with van der Waals surface area (Å²) in [5.74, 6) is 0.136. The van der Waals surface area contributed by atoms with E-state index in [1.807, 2.05) is 49.7 Å². The number of rotatable bonds is 7. The Kier molecular flexibility index (Phi) is 5.30. The van der Waals surface area contributed by atoms with Gasteiger partial charge in [0.05, 0.1) is 11.4 Å². The molecule has 1 aliphatic rings. The van der Waals surface area contributed by atoms with Crippen molar-refractivity contribution < 1.29 is 14.3 Å². The molecule has 4 nitrogen and oxygen atoms in total. The number of hydrogen-bond donors (Lipinski definition) is 0. The number of carbonyl (C=O) groups is 2. The fourth-order valence-electron chi connectivity index (χ4n) is 3.94. The van der Waals surface area contributed by atoms with Gasteiger partial charge in [0.15, 0.2) is 5.75 Å². The monoisotopic (exact) mass is 353 g/mol. The van der Waals surface area contributed by atoms with E-state index >= 15 is 0 Å². The SMILES string of the molecule is CCCCCCC1C(=O)Oc2c(C)c(C(=O)c3ccccc3C)n(C)c21. The van der Waals surface area contributed by atoms with Gasteiger partial charge in [0.2, 0.25) is 5.78 Å². The molecule has 1 aromatic carbocycles. The van der Waals surface area contributed by atoms with Crippen LogP contribution in [0.15, 0.2) is 24.3 Å². The fraction of sp³-hybridized carbons (Fsp3) is 0.455. The van der Waals surface area contributed by atoms with Crippen LogP contribution in [0.3, 0.4) is 0 Å². The van der Waals surface area contributed by atoms with Gasteiger partial charge in [-0.2, -0.15) is 0 Å². The average molecular weight is 353 g/mol. The van der Waals surface area contributed by atoms with Crippen molar-refractivity contribution in [2.24, 2.45) is 7.05 Å². The topological polar surface area (TPSA) is 48.3 Å². The minimum Gasteiger partial charge on any atom is -0.424 e. The number of carbonyl (C=O) groups excluding carboxylic acids is 2. The Hall–Kier alpha value is -2.36. The first-order valence-corrected chi connectivity index (χ1v) is 9.48. The van der Waals surface area contributed by atoms with E-state index < -0.39 is 0 Å². The van der Waals surface area contributed by atoms with Crippen molar-refractivity contribution in [2.45, 2.75) is 58.8 Å². The standard InChI is InChI=1S/C22H27NO3/c1-5-6-7-8-13-17-19-21(26-22(17)25)15(3)18(23(19)4)20(24)16-12-10-9-11-14(16)2/h9-12,17H,5-8,13H2,1-4H3. The van der Waals surface area contributed by atoms with Gasteiger partial charge in [-0.3, -0.25) is 9.59 Å². The molecule has 0 saturated heterocycles. The van der Waals surface area contributed by atoms with Crippen LogP contribution in [-0.2, 0) is 11.8 Å². The summed E-state index contributed by atoms with van der Waals surface area (Å²) in [5.41, 5.74) is 3.89. The van der Waals surface area contributed by atoms with E-state index in [4.69, 9.17) is 4.74 Å². The lowest BCUT2D eigenvalue weighted by Crippen LogP contribution is -2.17. The molecule has 1 unspecified atom stereocenters. The minimum absolute atomic E-state index is 0.0155. The van der Waals surface area contributed by atoms with E-state index in [2.05, 4.69) is 6.92 Å². The highest BCUT2D eigenvalue weighted by Gasteiger charge is 2.40. The average Bonchev–Trinajstić information content (AvgIpc) is 3.06. The van der Waals surface area contributed by atoms with Gasteiger partial charge in [-0.15, -0.1) is 0 Å². The molecule has 0 radical (unpaired) electrons. The van der Waals surface area contributed by atoms with Crippen molar-refractivity contribution in [3.63, 3.8) is 0 Å². The van der Waals surface area contributed by atoms with E-state index in [-0.39, 0.29) is 17.7 Å². The van der Waals surface area contributed by atoms with Crippen LogP contribution >= 0.6 is 0 Å². The number of aryl methyl sites for hydroxylation is 1. The number of fused-ring (bicyclic) bond motifs is 1. The zero-order valence-electron chi connectivity index (χ0n) is 16.1. The summed E-state index contributed by atoms with van der Waals surface area (Å²) in [7, 11) is 1.87. The molecular formula is C22H27NO3. The third kappa shape index (κ3) is 3.09. The highest BCUT2D eigenvalue weighted by molar-refractivity contribution is 6.11. The molecule has 2 heterocycles. The Morgan fingerprint density at radius 1 is 1.15 bits per heavy atom. The van der Waals surface area contributed by atoms with E-state index in [1.54, 1.807) is 0 Å². The van der Waals surface area contributed by atoms with Gasteiger partial charge >= 0.3 is 5.97 Å². The molecule has 0 amide bonds. The quantitative estimate of drug-likeness (QED) is 0.406. The zero-order chi connectivity index (χ0) is 18.8. The Labute approximate surface area is 155 Å². The maximum atomic E-state index is 13.1. The summed E-state index contributed by atoms with van der Waals surface area (Å²) in [6.07, 6.45) is 5.24. The summed E-state index contributed by atoms with van der Waals surface area (Å²) in [6, 6.07) is 7.60. The van der Waals surface area contributed by atoms with Crippen LogP contribution in [0.1, 0.15) is 77.8 Å². The lowest BCUT2D eigenvalue weighted by atomic mass is 9.98. The molecule has 0 aliphatic carbocycles. The molecule has 0 fully saturated rings. The van der Waals surface area contributed by atoms with Crippen LogP contribution in [0.25, 0.3) is 0 Å². The molecule has 3 rings (SSSR count). The molecule has 0 N–H and O–H groups in total. The van der Waals surface area contributed by atoms with Crippen molar-refractivity contribution in [3.05, 3.63) is 52.3 Å². The number of ether oxygens (including phenoxy) is 1. The number of benzene rings is 1. The molecule has 26 heavy (non-hydrogen) atoms. The normalized spacial score (nSPS) is 15.8. The summed E-state index contributed by atoms with van der Waals surface area (Å²) < 4.78 is 7.46. The summed E-state index contributed by atoms with van der Waals surface area (Å²) >= 11 is 0. The Morgan fingerprint density at radius 2 is 1.88 bits per heavy atom. The van der Waals surface area contributed by atoms with Crippen LogP contribution in [0.2, 0.25) is 0 Å². The highest BCUT2D eigenvalue weighted by Crippen LogP contribution is 2.43. The maximum absolute atomic E-state index is 13.1. The van der Waals surface area contributed by atoms with Gasteiger partial charge in [0, 0.05) is 18.2 Å². The molecule has 0 saturated carbocycles. The predicted octanol–water partition coefficient (Wildman–Crippen LogP) is 4.85. The van der Waals surface area contributed by atoms with Gasteiger partial charge in [-0.05, 0) is 25.8 Å². The molecular weight excluding hydrogens is 326 g/mol. The maximum Gasteiger partial charge on any atom is 0.320 e. The molecule has 1 aromatic heterocycles. The van der Waals surface area contributed by atoms with Gasteiger partial charge < -0.3 is 9.30 Å². The number of nitrogens with zero attached hydrogens (tertiary/aromatic N) is 1. The number of aromatic nitrogens is 1. The van der Waals surface area contributed by atoms with Crippen LogP contribution < -0.4 is 4.74 Å². The molecule has 4 heteroatoms. The number of ketones is 1. The van der Waals surface area contributed by atoms with Crippen molar-refractivity contribution in [1.29, 1.82) is 0 Å². The van der Waals surface area contributed by atoms with Crippen LogP contribution in [0.5, 0.6) is 5.75 Å². The number of hydrogen-bond acceptors (Lipinski definition) is 3. The number of esters is 1. The van der Waals surface area contributed by atoms with Gasteiger partial charge in [0.1, 0.15) is 5.92 Å². The first-order chi connectivity index (χ1) is 12.5. The molecule has 138 valence electrons. The van der Waals surface area contributed by atoms with Crippen LogP contribution in [0, 0.1) is 13.8 Å². The van der Waals surface area contributed by atoms with Crippen molar-refractivity contribution in [2.75, 3.05) is 0 Å². The lowest BCUT2D eigenvalue weighted by Gasteiger charge is -2.12.